The van der Waals surface area contributed by atoms with Crippen molar-refractivity contribution in [2.24, 2.45) is 0 Å². The Morgan fingerprint density at radius 2 is 2.24 bits per heavy atom. The third-order valence-electron chi connectivity index (χ3n) is 1.85. The molecule has 2 amide bonds. The maximum Gasteiger partial charge on any atom is 0.350 e. The van der Waals surface area contributed by atoms with Crippen LogP contribution in [0, 0.1) is 6.92 Å². The molecule has 0 spiro atoms. The Balaban J connectivity index is 2.76. The highest BCUT2D eigenvalue weighted by Gasteiger charge is 2.17. The predicted molar refractivity (Wildman–Crippen MR) is 68.1 cm³/mol. The zero-order chi connectivity index (χ0) is 12.8. The number of aryl methyl sites for hydroxylation is 1. The first kappa shape index (κ1) is 13.8. The zero-order valence-corrected chi connectivity index (χ0v) is 11.1. The molecular formula is C10H13ClN2O3S. The van der Waals surface area contributed by atoms with Gasteiger partial charge < -0.3 is 15.4 Å². The maximum absolute atomic E-state index is 11.4. The summed E-state index contributed by atoms with van der Waals surface area (Å²) in [7, 11) is 1.30. The fourth-order valence-electron chi connectivity index (χ4n) is 1.18. The minimum Gasteiger partial charge on any atom is -0.465 e. The van der Waals surface area contributed by atoms with Gasteiger partial charge in [0.25, 0.3) is 0 Å². The number of urea groups is 1. The standard InChI is InChI=1S/C10H13ClN2O3S/c1-6-5-7(8(17-6)9(14)16-2)13-10(15)12-4-3-11/h5H,3-4H2,1-2H3,(H2,12,13,15). The molecule has 0 aliphatic rings. The van der Waals surface area contributed by atoms with Gasteiger partial charge in [-0.05, 0) is 13.0 Å². The molecule has 0 saturated carbocycles. The van der Waals surface area contributed by atoms with Crippen LogP contribution in [0.5, 0.6) is 0 Å². The van der Waals surface area contributed by atoms with Gasteiger partial charge in [-0.3, -0.25) is 0 Å². The first-order valence-electron chi connectivity index (χ1n) is 4.88. The number of esters is 1. The molecule has 7 heteroatoms. The number of anilines is 1. The Morgan fingerprint density at radius 1 is 1.53 bits per heavy atom. The van der Waals surface area contributed by atoms with E-state index in [1.807, 2.05) is 6.92 Å². The second-order valence-electron chi connectivity index (χ2n) is 3.16. The molecular weight excluding hydrogens is 264 g/mol. The Bertz CT molecular complexity index is 420. The van der Waals surface area contributed by atoms with Crippen LogP contribution >= 0.6 is 22.9 Å². The van der Waals surface area contributed by atoms with Gasteiger partial charge in [-0.1, -0.05) is 0 Å². The fraction of sp³-hybridized carbons (Fsp3) is 0.400. The summed E-state index contributed by atoms with van der Waals surface area (Å²) in [5.74, 6) is -0.129. The van der Waals surface area contributed by atoms with E-state index < -0.39 is 12.0 Å². The van der Waals surface area contributed by atoms with Gasteiger partial charge in [0.05, 0.1) is 12.8 Å². The summed E-state index contributed by atoms with van der Waals surface area (Å²) in [4.78, 5) is 24.1. The van der Waals surface area contributed by atoms with Crippen LogP contribution in [0.3, 0.4) is 0 Å². The SMILES string of the molecule is COC(=O)c1sc(C)cc1NC(=O)NCCCl. The maximum atomic E-state index is 11.4. The lowest BCUT2D eigenvalue weighted by molar-refractivity contribution is 0.0607. The molecule has 2 N–H and O–H groups in total. The lowest BCUT2D eigenvalue weighted by atomic mass is 10.3. The number of alkyl halides is 1. The predicted octanol–water partition coefficient (Wildman–Crippen LogP) is 2.20. The van der Waals surface area contributed by atoms with Crippen LogP contribution in [0.2, 0.25) is 0 Å². The van der Waals surface area contributed by atoms with Crippen LogP contribution in [0.15, 0.2) is 6.07 Å². The molecule has 0 unspecified atom stereocenters. The van der Waals surface area contributed by atoms with Crippen molar-refractivity contribution in [2.45, 2.75) is 6.92 Å². The highest BCUT2D eigenvalue weighted by Crippen LogP contribution is 2.27. The van der Waals surface area contributed by atoms with E-state index >= 15 is 0 Å². The second kappa shape index (κ2) is 6.46. The summed E-state index contributed by atoms with van der Waals surface area (Å²) in [6, 6.07) is 1.32. The second-order valence-corrected chi connectivity index (χ2v) is 4.80. The third kappa shape index (κ3) is 3.90. The number of halogens is 1. The summed E-state index contributed by atoms with van der Waals surface area (Å²) < 4.78 is 4.63. The average Bonchev–Trinajstić information content (AvgIpc) is 2.66. The number of amides is 2. The number of carbonyl (C=O) groups is 2. The van der Waals surface area contributed by atoms with Gasteiger partial charge in [0.2, 0.25) is 0 Å². The zero-order valence-electron chi connectivity index (χ0n) is 9.50. The van der Waals surface area contributed by atoms with Crippen LogP contribution in [0.1, 0.15) is 14.5 Å². The molecule has 5 nitrogen and oxygen atoms in total. The molecule has 1 heterocycles. The third-order valence-corrected chi connectivity index (χ3v) is 3.07. The first-order valence-corrected chi connectivity index (χ1v) is 6.23. The summed E-state index contributed by atoms with van der Waals surface area (Å²) in [5.41, 5.74) is 0.450. The van der Waals surface area contributed by atoms with Crippen molar-refractivity contribution in [1.29, 1.82) is 0 Å². The van der Waals surface area contributed by atoms with Crippen LogP contribution in [0.25, 0.3) is 0 Å². The Labute approximate surface area is 108 Å². The molecule has 0 bridgehead atoms. The molecule has 0 aliphatic heterocycles. The minimum absolute atomic E-state index is 0.333. The van der Waals surface area contributed by atoms with E-state index in [9.17, 15) is 9.59 Å². The molecule has 0 aliphatic carbocycles. The topological polar surface area (TPSA) is 67.4 Å². The van der Waals surface area contributed by atoms with E-state index in [1.165, 1.54) is 18.4 Å². The van der Waals surface area contributed by atoms with E-state index in [1.54, 1.807) is 6.07 Å². The molecule has 1 rings (SSSR count). The summed E-state index contributed by atoms with van der Waals surface area (Å²) in [6.07, 6.45) is 0. The van der Waals surface area contributed by atoms with Crippen LogP contribution in [0.4, 0.5) is 10.5 Å². The van der Waals surface area contributed by atoms with Gasteiger partial charge in [-0.15, -0.1) is 22.9 Å². The Morgan fingerprint density at radius 3 is 2.82 bits per heavy atom. The largest absolute Gasteiger partial charge is 0.465 e. The summed E-state index contributed by atoms with van der Waals surface area (Å²) in [6.45, 7) is 2.21. The fourth-order valence-corrected chi connectivity index (χ4v) is 2.16. The van der Waals surface area contributed by atoms with Crippen molar-refractivity contribution < 1.29 is 14.3 Å². The molecule has 1 aromatic heterocycles. The van der Waals surface area contributed by atoms with E-state index in [2.05, 4.69) is 15.4 Å². The van der Waals surface area contributed by atoms with E-state index in [-0.39, 0.29) is 0 Å². The molecule has 0 atom stereocenters. The smallest absolute Gasteiger partial charge is 0.350 e. The number of thiophene rings is 1. The number of carbonyl (C=O) groups excluding carboxylic acids is 2. The van der Waals surface area contributed by atoms with E-state index in [4.69, 9.17) is 11.6 Å². The van der Waals surface area contributed by atoms with Crippen molar-refractivity contribution in [1.82, 2.24) is 5.32 Å². The van der Waals surface area contributed by atoms with Gasteiger partial charge in [-0.2, -0.15) is 0 Å². The van der Waals surface area contributed by atoms with Gasteiger partial charge >= 0.3 is 12.0 Å². The van der Waals surface area contributed by atoms with Gasteiger partial charge in [-0.25, -0.2) is 9.59 Å². The van der Waals surface area contributed by atoms with Gasteiger partial charge in [0, 0.05) is 17.3 Å². The number of hydrogen-bond acceptors (Lipinski definition) is 4. The van der Waals surface area contributed by atoms with Crippen molar-refractivity contribution in [3.05, 3.63) is 15.8 Å². The average molecular weight is 277 g/mol. The van der Waals surface area contributed by atoms with E-state index in [0.717, 1.165) is 4.88 Å². The molecule has 94 valence electrons. The van der Waals surface area contributed by atoms with Crippen molar-refractivity contribution in [3.8, 4) is 0 Å². The number of rotatable bonds is 4. The van der Waals surface area contributed by atoms with Crippen LogP contribution in [-0.4, -0.2) is 31.5 Å². The lowest BCUT2D eigenvalue weighted by Gasteiger charge is -2.06. The van der Waals surface area contributed by atoms with E-state index in [0.29, 0.717) is 23.0 Å². The normalized spacial score (nSPS) is 9.82. The molecule has 0 radical (unpaired) electrons. The number of hydrogen-bond donors (Lipinski definition) is 2. The monoisotopic (exact) mass is 276 g/mol. The summed E-state index contributed by atoms with van der Waals surface area (Å²) >= 11 is 6.71. The summed E-state index contributed by atoms with van der Waals surface area (Å²) in [5, 5.41) is 5.13. The molecule has 0 saturated heterocycles. The van der Waals surface area contributed by atoms with Crippen molar-refractivity contribution in [3.63, 3.8) is 0 Å². The molecule has 17 heavy (non-hydrogen) atoms. The molecule has 0 fully saturated rings. The number of methoxy groups -OCH3 is 1. The molecule has 1 aromatic rings. The lowest BCUT2D eigenvalue weighted by Crippen LogP contribution is -2.30. The molecule has 0 aromatic carbocycles. The Hall–Kier alpha value is -1.27. The quantitative estimate of drug-likeness (QED) is 0.654. The van der Waals surface area contributed by atoms with Crippen LogP contribution in [-0.2, 0) is 4.74 Å². The van der Waals surface area contributed by atoms with Crippen molar-refractivity contribution in [2.75, 3.05) is 24.9 Å². The van der Waals surface area contributed by atoms with Crippen molar-refractivity contribution >= 4 is 40.6 Å². The first-order chi connectivity index (χ1) is 8.08. The Kier molecular flexibility index (Phi) is 5.24. The minimum atomic E-state index is -0.462. The van der Waals surface area contributed by atoms with Crippen LogP contribution < -0.4 is 10.6 Å². The highest BCUT2D eigenvalue weighted by atomic mass is 35.5. The van der Waals surface area contributed by atoms with Gasteiger partial charge in [0.15, 0.2) is 0 Å². The number of nitrogens with one attached hydrogen (secondary N) is 2. The van der Waals surface area contributed by atoms with Gasteiger partial charge in [0.1, 0.15) is 4.88 Å². The number of ether oxygens (including phenoxy) is 1. The highest BCUT2D eigenvalue weighted by molar-refractivity contribution is 7.14.